The number of nitrogens with one attached hydrogen (secondary N) is 2. The van der Waals surface area contributed by atoms with Crippen LogP contribution in [0.4, 0.5) is 0 Å². The third-order valence-electron chi connectivity index (χ3n) is 4.76. The van der Waals surface area contributed by atoms with Crippen molar-refractivity contribution in [2.45, 2.75) is 51.0 Å². The first kappa shape index (κ1) is 16.3. The average Bonchev–Trinajstić information content (AvgIpc) is 2.44. The van der Waals surface area contributed by atoms with Gasteiger partial charge in [0.15, 0.2) is 0 Å². The molecule has 0 atom stereocenters. The third kappa shape index (κ3) is 3.78. The van der Waals surface area contributed by atoms with Gasteiger partial charge in [0.05, 0.1) is 0 Å². The molecule has 1 saturated heterocycles. The Morgan fingerprint density at radius 1 is 1.19 bits per heavy atom. The molecule has 1 amide bonds. The van der Waals surface area contributed by atoms with Crippen molar-refractivity contribution in [1.82, 2.24) is 10.6 Å². The van der Waals surface area contributed by atoms with Crippen molar-refractivity contribution < 1.29 is 4.79 Å². The lowest BCUT2D eigenvalue weighted by atomic mass is 9.86. The van der Waals surface area contributed by atoms with Crippen molar-refractivity contribution in [3.8, 4) is 0 Å². The van der Waals surface area contributed by atoms with Gasteiger partial charge >= 0.3 is 0 Å². The zero-order chi connectivity index (χ0) is 13.9. The second-order valence-corrected chi connectivity index (χ2v) is 6.20. The van der Waals surface area contributed by atoms with Crippen molar-refractivity contribution >= 4 is 18.3 Å². The van der Waals surface area contributed by atoms with Gasteiger partial charge in [-0.25, -0.2) is 0 Å². The summed E-state index contributed by atoms with van der Waals surface area (Å²) in [6.45, 7) is 4.33. The molecular formula is C17H25ClN2O. The molecule has 0 unspecified atom stereocenters. The van der Waals surface area contributed by atoms with E-state index in [0.29, 0.717) is 12.0 Å². The van der Waals surface area contributed by atoms with Crippen LogP contribution in [0.3, 0.4) is 0 Å². The minimum atomic E-state index is 0. The molecule has 1 aliphatic heterocycles. The number of halogens is 1. The van der Waals surface area contributed by atoms with Gasteiger partial charge < -0.3 is 10.6 Å². The van der Waals surface area contributed by atoms with Crippen LogP contribution in [-0.2, 0) is 0 Å². The average molecular weight is 309 g/mol. The Hall–Kier alpha value is -1.06. The summed E-state index contributed by atoms with van der Waals surface area (Å²) in [7, 11) is 0. The van der Waals surface area contributed by atoms with E-state index >= 15 is 0 Å². The quantitative estimate of drug-likeness (QED) is 0.900. The second kappa shape index (κ2) is 7.28. The van der Waals surface area contributed by atoms with Crippen LogP contribution >= 0.6 is 12.4 Å². The topological polar surface area (TPSA) is 41.1 Å². The molecule has 0 radical (unpaired) electrons. The fraction of sp³-hybridized carbons (Fsp3) is 0.588. The first-order chi connectivity index (χ1) is 9.74. The van der Waals surface area contributed by atoms with Crippen molar-refractivity contribution in [3.05, 3.63) is 34.9 Å². The van der Waals surface area contributed by atoms with Gasteiger partial charge in [-0.15, -0.1) is 12.4 Å². The lowest BCUT2D eigenvalue weighted by Gasteiger charge is -2.27. The smallest absolute Gasteiger partial charge is 0.251 e. The zero-order valence-corrected chi connectivity index (χ0v) is 13.5. The van der Waals surface area contributed by atoms with Crippen molar-refractivity contribution in [3.63, 3.8) is 0 Å². The summed E-state index contributed by atoms with van der Waals surface area (Å²) in [6.07, 6.45) is 5.87. The van der Waals surface area contributed by atoms with Crippen LogP contribution in [0.2, 0.25) is 0 Å². The van der Waals surface area contributed by atoms with E-state index in [2.05, 4.69) is 29.7 Å². The minimum Gasteiger partial charge on any atom is -0.349 e. The summed E-state index contributed by atoms with van der Waals surface area (Å²) in [5, 5.41) is 6.53. The standard InChI is InChI=1S/C17H24N2O.ClH/c1-12-5-6-14(17(20)19-15-3-2-4-15)11-16(12)13-7-9-18-10-8-13;/h5-6,11,13,15,18H,2-4,7-10H2,1H3,(H,19,20);1H. The van der Waals surface area contributed by atoms with E-state index in [0.717, 1.165) is 31.5 Å². The van der Waals surface area contributed by atoms with E-state index < -0.39 is 0 Å². The van der Waals surface area contributed by atoms with Crippen LogP contribution in [0.1, 0.15) is 59.5 Å². The zero-order valence-electron chi connectivity index (χ0n) is 12.7. The van der Waals surface area contributed by atoms with E-state index in [9.17, 15) is 4.79 Å². The number of amides is 1. The number of hydrogen-bond donors (Lipinski definition) is 2. The number of hydrogen-bond acceptors (Lipinski definition) is 2. The predicted octanol–water partition coefficient (Wildman–Crippen LogP) is 3.17. The normalized spacial score (nSPS) is 19.5. The molecule has 0 bridgehead atoms. The van der Waals surface area contributed by atoms with Crippen LogP contribution < -0.4 is 10.6 Å². The Kier molecular flexibility index (Phi) is 5.65. The van der Waals surface area contributed by atoms with E-state index in [4.69, 9.17) is 0 Å². The van der Waals surface area contributed by atoms with E-state index in [1.165, 1.54) is 30.4 Å². The summed E-state index contributed by atoms with van der Waals surface area (Å²) in [5.41, 5.74) is 3.51. The SMILES string of the molecule is Cc1ccc(C(=O)NC2CCC2)cc1C1CCNCC1.Cl. The molecule has 21 heavy (non-hydrogen) atoms. The second-order valence-electron chi connectivity index (χ2n) is 6.20. The minimum absolute atomic E-state index is 0. The third-order valence-corrected chi connectivity index (χ3v) is 4.76. The Labute approximate surface area is 133 Å². The first-order valence-corrected chi connectivity index (χ1v) is 7.86. The first-order valence-electron chi connectivity index (χ1n) is 7.86. The highest BCUT2D eigenvalue weighted by Gasteiger charge is 2.22. The molecular weight excluding hydrogens is 284 g/mol. The van der Waals surface area contributed by atoms with Crippen molar-refractivity contribution in [2.24, 2.45) is 0 Å². The highest BCUT2D eigenvalue weighted by Crippen LogP contribution is 2.29. The molecule has 116 valence electrons. The molecule has 0 spiro atoms. The fourth-order valence-corrected chi connectivity index (χ4v) is 3.18. The summed E-state index contributed by atoms with van der Waals surface area (Å²) < 4.78 is 0. The van der Waals surface area contributed by atoms with Crippen molar-refractivity contribution in [1.29, 1.82) is 0 Å². The molecule has 1 saturated carbocycles. The number of carbonyl (C=O) groups excluding carboxylic acids is 1. The van der Waals surface area contributed by atoms with Crippen LogP contribution in [0.15, 0.2) is 18.2 Å². The van der Waals surface area contributed by atoms with Gasteiger partial charge in [-0.1, -0.05) is 6.07 Å². The molecule has 1 heterocycles. The summed E-state index contributed by atoms with van der Waals surface area (Å²) >= 11 is 0. The Morgan fingerprint density at radius 2 is 1.90 bits per heavy atom. The number of benzene rings is 1. The van der Waals surface area contributed by atoms with E-state index in [1.54, 1.807) is 0 Å². The summed E-state index contributed by atoms with van der Waals surface area (Å²) in [4.78, 5) is 12.3. The van der Waals surface area contributed by atoms with Crippen LogP contribution in [-0.4, -0.2) is 25.0 Å². The highest BCUT2D eigenvalue weighted by molar-refractivity contribution is 5.94. The van der Waals surface area contributed by atoms with Gasteiger partial charge in [0.25, 0.3) is 5.91 Å². The molecule has 4 heteroatoms. The molecule has 3 rings (SSSR count). The molecule has 0 aromatic heterocycles. The monoisotopic (exact) mass is 308 g/mol. The van der Waals surface area contributed by atoms with Gasteiger partial charge in [-0.2, -0.15) is 0 Å². The molecule has 1 aliphatic carbocycles. The summed E-state index contributed by atoms with van der Waals surface area (Å²) in [6, 6.07) is 6.60. The van der Waals surface area contributed by atoms with Crippen LogP contribution in [0.25, 0.3) is 0 Å². The largest absolute Gasteiger partial charge is 0.349 e. The van der Waals surface area contributed by atoms with Crippen LogP contribution in [0.5, 0.6) is 0 Å². The van der Waals surface area contributed by atoms with Crippen LogP contribution in [0, 0.1) is 6.92 Å². The predicted molar refractivity (Wildman–Crippen MR) is 88.4 cm³/mol. The number of aryl methyl sites for hydroxylation is 1. The van der Waals surface area contributed by atoms with Crippen molar-refractivity contribution in [2.75, 3.05) is 13.1 Å². The fourth-order valence-electron chi connectivity index (χ4n) is 3.18. The van der Waals surface area contributed by atoms with E-state index in [1.807, 2.05) is 6.07 Å². The Morgan fingerprint density at radius 3 is 2.52 bits per heavy atom. The summed E-state index contributed by atoms with van der Waals surface area (Å²) in [5.74, 6) is 0.706. The number of rotatable bonds is 3. The van der Waals surface area contributed by atoms with Gasteiger partial charge in [0.1, 0.15) is 0 Å². The lowest BCUT2D eigenvalue weighted by Crippen LogP contribution is -2.39. The molecule has 1 aromatic carbocycles. The maximum Gasteiger partial charge on any atom is 0.251 e. The molecule has 3 nitrogen and oxygen atoms in total. The van der Waals surface area contributed by atoms with Gasteiger partial charge in [-0.3, -0.25) is 4.79 Å². The Balaban J connectivity index is 0.00000161. The van der Waals surface area contributed by atoms with Gasteiger partial charge in [0.2, 0.25) is 0 Å². The Bertz CT molecular complexity index is 494. The molecule has 2 fully saturated rings. The number of carbonyl (C=O) groups is 1. The maximum absolute atomic E-state index is 12.3. The number of piperidine rings is 1. The molecule has 2 N–H and O–H groups in total. The highest BCUT2D eigenvalue weighted by atomic mass is 35.5. The maximum atomic E-state index is 12.3. The molecule has 1 aromatic rings. The van der Waals surface area contributed by atoms with E-state index in [-0.39, 0.29) is 18.3 Å². The van der Waals surface area contributed by atoms with Gasteiger partial charge in [-0.05, 0) is 81.3 Å². The van der Waals surface area contributed by atoms with Gasteiger partial charge in [0, 0.05) is 11.6 Å². The lowest BCUT2D eigenvalue weighted by molar-refractivity contribution is 0.0917. The molecule has 2 aliphatic rings.